The number of aromatic amines is 1. The van der Waals surface area contributed by atoms with Gasteiger partial charge in [0.25, 0.3) is 0 Å². The molecule has 5 nitrogen and oxygen atoms in total. The summed E-state index contributed by atoms with van der Waals surface area (Å²) in [5, 5.41) is 5.78. The van der Waals surface area contributed by atoms with Crippen LogP contribution in [0.4, 0.5) is 0 Å². The van der Waals surface area contributed by atoms with E-state index in [1.165, 1.54) is 6.08 Å². The summed E-state index contributed by atoms with van der Waals surface area (Å²) in [6.45, 7) is 0.308. The topological polar surface area (TPSA) is 67.0 Å². The third kappa shape index (κ3) is 4.51. The summed E-state index contributed by atoms with van der Waals surface area (Å²) in [7, 11) is 1.65. The Morgan fingerprint density at radius 2 is 1.79 bits per heavy atom. The fraction of sp³-hybridized carbons (Fsp3) is 0.0714. The van der Waals surface area contributed by atoms with Crippen LogP contribution in [-0.2, 0) is 11.3 Å². The van der Waals surface area contributed by atoms with Crippen LogP contribution in [0.3, 0.4) is 0 Å². The van der Waals surface area contributed by atoms with Crippen LogP contribution in [0, 0.1) is 0 Å². The molecular formula is C28H22ClN3O2. The number of hydrogen-bond donors (Lipinski definition) is 2. The fourth-order valence-electron chi connectivity index (χ4n) is 3.93. The van der Waals surface area contributed by atoms with Crippen molar-refractivity contribution in [2.75, 3.05) is 7.11 Å². The van der Waals surface area contributed by atoms with Gasteiger partial charge in [0.2, 0.25) is 5.91 Å². The van der Waals surface area contributed by atoms with Crippen LogP contribution in [0.2, 0.25) is 5.02 Å². The standard InChI is InChI=1S/C28H22ClN3O2/c1-34-22-13-9-19(10-14-22)27-28-24(23-4-2-3-5-25(23)32-28)16-21(31-27)17-30-26(33)15-8-18-6-11-20(29)12-7-18/h2-16,32H,17H2,1H3,(H,30,33)/b15-8+. The molecule has 0 radical (unpaired) electrons. The molecule has 0 aliphatic carbocycles. The highest BCUT2D eigenvalue weighted by Gasteiger charge is 2.14. The van der Waals surface area contributed by atoms with Crippen molar-refractivity contribution < 1.29 is 9.53 Å². The van der Waals surface area contributed by atoms with Gasteiger partial charge in [-0.2, -0.15) is 0 Å². The van der Waals surface area contributed by atoms with E-state index in [-0.39, 0.29) is 5.91 Å². The Kier molecular flexibility index (Phi) is 6.02. The SMILES string of the molecule is COc1ccc(-c2nc(CNC(=O)/C=C/c3ccc(Cl)cc3)cc3c2[nH]c2ccccc23)cc1. The Labute approximate surface area is 202 Å². The Hall–Kier alpha value is -4.09. The average Bonchev–Trinajstić information content (AvgIpc) is 3.25. The van der Waals surface area contributed by atoms with Crippen LogP contribution in [0.15, 0.2) is 84.9 Å². The molecule has 3 aromatic carbocycles. The number of nitrogens with one attached hydrogen (secondary N) is 2. The van der Waals surface area contributed by atoms with Crippen molar-refractivity contribution in [1.29, 1.82) is 0 Å². The van der Waals surface area contributed by atoms with E-state index in [4.69, 9.17) is 21.3 Å². The lowest BCUT2D eigenvalue weighted by molar-refractivity contribution is -0.116. The molecule has 0 saturated carbocycles. The van der Waals surface area contributed by atoms with Crippen molar-refractivity contribution in [1.82, 2.24) is 15.3 Å². The molecule has 2 aromatic heterocycles. The highest BCUT2D eigenvalue weighted by atomic mass is 35.5. The first-order chi connectivity index (χ1) is 16.6. The number of aromatic nitrogens is 2. The van der Waals surface area contributed by atoms with Crippen LogP contribution in [0.5, 0.6) is 5.75 Å². The van der Waals surface area contributed by atoms with Gasteiger partial charge in [-0.1, -0.05) is 41.9 Å². The molecule has 168 valence electrons. The molecule has 2 N–H and O–H groups in total. The minimum absolute atomic E-state index is 0.193. The molecule has 0 atom stereocenters. The molecule has 0 saturated heterocycles. The van der Waals surface area contributed by atoms with Crippen molar-refractivity contribution in [2.24, 2.45) is 0 Å². The largest absolute Gasteiger partial charge is 0.497 e. The Balaban J connectivity index is 1.46. The first-order valence-corrected chi connectivity index (χ1v) is 11.2. The lowest BCUT2D eigenvalue weighted by Crippen LogP contribution is -2.21. The maximum atomic E-state index is 12.4. The van der Waals surface area contributed by atoms with E-state index in [1.807, 2.05) is 54.6 Å². The number of nitrogens with zero attached hydrogens (tertiary/aromatic N) is 1. The highest BCUT2D eigenvalue weighted by Crippen LogP contribution is 2.33. The average molecular weight is 468 g/mol. The molecule has 5 rings (SSSR count). The molecule has 34 heavy (non-hydrogen) atoms. The van der Waals surface area contributed by atoms with Gasteiger partial charge in [-0.25, -0.2) is 4.98 Å². The zero-order valence-corrected chi connectivity index (χ0v) is 19.3. The molecule has 1 amide bonds. The van der Waals surface area contributed by atoms with Crippen LogP contribution in [-0.4, -0.2) is 23.0 Å². The number of rotatable bonds is 6. The van der Waals surface area contributed by atoms with Crippen molar-refractivity contribution >= 4 is 45.4 Å². The predicted molar refractivity (Wildman–Crippen MR) is 138 cm³/mol. The number of amides is 1. The second kappa shape index (κ2) is 9.41. The number of para-hydroxylation sites is 1. The predicted octanol–water partition coefficient (Wildman–Crippen LogP) is 6.37. The van der Waals surface area contributed by atoms with E-state index in [9.17, 15) is 4.79 Å². The van der Waals surface area contributed by atoms with E-state index < -0.39 is 0 Å². The number of ether oxygens (including phenoxy) is 1. The monoisotopic (exact) mass is 467 g/mol. The zero-order valence-electron chi connectivity index (χ0n) is 18.5. The molecule has 2 heterocycles. The highest BCUT2D eigenvalue weighted by molar-refractivity contribution is 6.30. The number of benzene rings is 3. The summed E-state index contributed by atoms with van der Waals surface area (Å²) in [5.74, 6) is 0.592. The summed E-state index contributed by atoms with van der Waals surface area (Å²) in [6.07, 6.45) is 3.27. The molecule has 0 fully saturated rings. The smallest absolute Gasteiger partial charge is 0.244 e. The molecule has 0 spiro atoms. The molecule has 6 heteroatoms. The minimum Gasteiger partial charge on any atom is -0.497 e. The Morgan fingerprint density at radius 1 is 1.03 bits per heavy atom. The number of pyridine rings is 1. The number of carbonyl (C=O) groups excluding carboxylic acids is 1. The zero-order chi connectivity index (χ0) is 23.5. The van der Waals surface area contributed by atoms with E-state index >= 15 is 0 Å². The van der Waals surface area contributed by atoms with Crippen molar-refractivity contribution in [3.8, 4) is 17.0 Å². The maximum absolute atomic E-state index is 12.4. The fourth-order valence-corrected chi connectivity index (χ4v) is 4.06. The van der Waals surface area contributed by atoms with Gasteiger partial charge in [0, 0.05) is 33.0 Å². The number of fused-ring (bicyclic) bond motifs is 3. The first-order valence-electron chi connectivity index (χ1n) is 10.9. The van der Waals surface area contributed by atoms with E-state index in [0.29, 0.717) is 11.6 Å². The van der Waals surface area contributed by atoms with Gasteiger partial charge in [-0.05, 0) is 60.2 Å². The van der Waals surface area contributed by atoms with Crippen LogP contribution >= 0.6 is 11.6 Å². The quantitative estimate of drug-likeness (QED) is 0.285. The minimum atomic E-state index is -0.193. The Bertz CT molecular complexity index is 1500. The molecule has 0 aliphatic heterocycles. The van der Waals surface area contributed by atoms with Gasteiger partial charge < -0.3 is 15.0 Å². The number of H-pyrrole nitrogens is 1. The number of hydrogen-bond acceptors (Lipinski definition) is 3. The second-order valence-electron chi connectivity index (χ2n) is 7.89. The third-order valence-corrected chi connectivity index (χ3v) is 5.91. The van der Waals surface area contributed by atoms with E-state index in [2.05, 4.69) is 22.4 Å². The number of carbonyl (C=O) groups is 1. The van der Waals surface area contributed by atoms with Gasteiger partial charge in [0.1, 0.15) is 5.75 Å². The second-order valence-corrected chi connectivity index (χ2v) is 8.32. The molecule has 0 aliphatic rings. The molecule has 5 aromatic rings. The van der Waals surface area contributed by atoms with Crippen LogP contribution in [0.25, 0.3) is 39.1 Å². The van der Waals surface area contributed by atoms with Crippen LogP contribution < -0.4 is 10.1 Å². The number of halogens is 1. The Morgan fingerprint density at radius 3 is 2.56 bits per heavy atom. The third-order valence-electron chi connectivity index (χ3n) is 5.65. The molecule has 0 unspecified atom stereocenters. The molecule has 0 bridgehead atoms. The summed E-state index contributed by atoms with van der Waals surface area (Å²) in [4.78, 5) is 20.8. The van der Waals surface area contributed by atoms with Gasteiger partial charge >= 0.3 is 0 Å². The van der Waals surface area contributed by atoms with Crippen LogP contribution in [0.1, 0.15) is 11.3 Å². The van der Waals surface area contributed by atoms with Crippen molar-refractivity contribution in [3.05, 3.63) is 101 Å². The molecular weight excluding hydrogens is 446 g/mol. The van der Waals surface area contributed by atoms with Gasteiger partial charge in [-0.15, -0.1) is 0 Å². The lowest BCUT2D eigenvalue weighted by atomic mass is 10.1. The first kappa shape index (κ1) is 21.7. The van der Waals surface area contributed by atoms with Gasteiger partial charge in [0.05, 0.1) is 30.6 Å². The van der Waals surface area contributed by atoms with E-state index in [0.717, 1.165) is 50.1 Å². The summed E-state index contributed by atoms with van der Waals surface area (Å²) in [6, 6.07) is 25.3. The van der Waals surface area contributed by atoms with Gasteiger partial charge in [0.15, 0.2) is 0 Å². The maximum Gasteiger partial charge on any atom is 0.244 e. The van der Waals surface area contributed by atoms with Crippen molar-refractivity contribution in [3.63, 3.8) is 0 Å². The van der Waals surface area contributed by atoms with Crippen molar-refractivity contribution in [2.45, 2.75) is 6.54 Å². The normalized spacial score (nSPS) is 11.4. The lowest BCUT2D eigenvalue weighted by Gasteiger charge is -2.09. The summed E-state index contributed by atoms with van der Waals surface area (Å²) >= 11 is 5.91. The summed E-state index contributed by atoms with van der Waals surface area (Å²) < 4.78 is 5.30. The number of methoxy groups -OCH3 is 1. The summed E-state index contributed by atoms with van der Waals surface area (Å²) in [5.41, 5.74) is 5.48. The van der Waals surface area contributed by atoms with Gasteiger partial charge in [-0.3, -0.25) is 4.79 Å². The van der Waals surface area contributed by atoms with E-state index in [1.54, 1.807) is 25.3 Å².